The summed E-state index contributed by atoms with van der Waals surface area (Å²) in [6, 6.07) is 12.5. The Bertz CT molecular complexity index is 794. The lowest BCUT2D eigenvalue weighted by Gasteiger charge is -2.40. The number of amides is 1. The first kappa shape index (κ1) is 21.8. The summed E-state index contributed by atoms with van der Waals surface area (Å²) >= 11 is 0. The number of nitrogens with zero attached hydrogens (tertiary/aromatic N) is 2. The van der Waals surface area contributed by atoms with Crippen LogP contribution in [0.4, 0.5) is 9.18 Å². The summed E-state index contributed by atoms with van der Waals surface area (Å²) in [6.45, 7) is 0.164. The molecular formula is C24H32FN3O3. The van der Waals surface area contributed by atoms with Gasteiger partial charge < -0.3 is 14.4 Å². The van der Waals surface area contributed by atoms with Gasteiger partial charge in [0.25, 0.3) is 0 Å². The minimum Gasteiger partial charge on any atom is -0.447 e. The molecular weight excluding hydrogens is 397 g/mol. The van der Waals surface area contributed by atoms with Gasteiger partial charge in [-0.1, -0.05) is 30.3 Å². The van der Waals surface area contributed by atoms with Gasteiger partial charge in [0.05, 0.1) is 24.4 Å². The largest absolute Gasteiger partial charge is 0.447 e. The number of halogens is 1. The van der Waals surface area contributed by atoms with Gasteiger partial charge in [-0.15, -0.1) is 0 Å². The quantitative estimate of drug-likeness (QED) is 0.686. The molecule has 0 bridgehead atoms. The summed E-state index contributed by atoms with van der Waals surface area (Å²) in [6.07, 6.45) is 7.61. The van der Waals surface area contributed by atoms with Crippen LogP contribution in [0, 0.1) is 0 Å². The van der Waals surface area contributed by atoms with E-state index in [0.717, 1.165) is 44.2 Å². The second-order valence-corrected chi connectivity index (χ2v) is 8.53. The third-order valence-corrected chi connectivity index (χ3v) is 6.67. The van der Waals surface area contributed by atoms with Gasteiger partial charge in [-0.25, -0.2) is 9.18 Å². The Kier molecular flexibility index (Phi) is 7.57. The van der Waals surface area contributed by atoms with E-state index in [9.17, 15) is 9.18 Å². The first-order valence-corrected chi connectivity index (χ1v) is 11.4. The van der Waals surface area contributed by atoms with E-state index in [1.807, 2.05) is 6.07 Å². The molecule has 31 heavy (non-hydrogen) atoms. The van der Waals surface area contributed by atoms with Crippen LogP contribution in [-0.2, 0) is 9.47 Å². The third-order valence-electron chi connectivity index (χ3n) is 6.67. The van der Waals surface area contributed by atoms with E-state index in [4.69, 9.17) is 9.47 Å². The molecule has 168 valence electrons. The van der Waals surface area contributed by atoms with Gasteiger partial charge in [0.2, 0.25) is 0 Å². The zero-order valence-corrected chi connectivity index (χ0v) is 17.9. The Labute approximate surface area is 183 Å². The van der Waals surface area contributed by atoms with Gasteiger partial charge in [-0.2, -0.15) is 5.10 Å². The Morgan fingerprint density at radius 2 is 1.94 bits per heavy atom. The van der Waals surface area contributed by atoms with Crippen molar-refractivity contribution in [2.24, 2.45) is 0 Å². The molecule has 1 aliphatic heterocycles. The van der Waals surface area contributed by atoms with Gasteiger partial charge in [0.1, 0.15) is 13.3 Å². The van der Waals surface area contributed by atoms with Crippen molar-refractivity contribution in [1.82, 2.24) is 15.1 Å². The molecule has 1 N–H and O–H groups in total. The predicted molar refractivity (Wildman–Crippen MR) is 116 cm³/mol. The molecule has 1 aromatic carbocycles. The van der Waals surface area contributed by atoms with Crippen LogP contribution in [0.2, 0.25) is 0 Å². The Balaban J connectivity index is 1.37. The Morgan fingerprint density at radius 3 is 2.65 bits per heavy atom. The van der Waals surface area contributed by atoms with Crippen LogP contribution >= 0.6 is 0 Å². The van der Waals surface area contributed by atoms with Gasteiger partial charge >= 0.3 is 6.09 Å². The zero-order valence-electron chi connectivity index (χ0n) is 17.9. The van der Waals surface area contributed by atoms with Crippen molar-refractivity contribution in [3.05, 3.63) is 53.9 Å². The number of hydrogen-bond donors (Lipinski definition) is 1. The van der Waals surface area contributed by atoms with E-state index in [1.165, 1.54) is 5.56 Å². The summed E-state index contributed by atoms with van der Waals surface area (Å²) in [4.78, 5) is 14.3. The Morgan fingerprint density at radius 1 is 1.13 bits per heavy atom. The maximum absolute atomic E-state index is 12.6. The number of carbonyl (C=O) groups excluding carboxylic acids is 1. The number of piperidine rings is 1. The smallest absolute Gasteiger partial charge is 0.410 e. The average molecular weight is 430 g/mol. The first-order chi connectivity index (χ1) is 15.3. The molecule has 2 aromatic rings. The topological polar surface area (TPSA) is 67.5 Å². The minimum atomic E-state index is -0.672. The number of benzene rings is 1. The normalized spacial score (nSPS) is 26.5. The molecule has 7 heteroatoms. The number of rotatable bonds is 7. The van der Waals surface area contributed by atoms with Crippen LogP contribution in [0.25, 0.3) is 0 Å². The molecule has 1 amide bonds. The molecule has 1 aliphatic carbocycles. The van der Waals surface area contributed by atoms with E-state index in [0.29, 0.717) is 19.1 Å². The maximum Gasteiger partial charge on any atom is 0.410 e. The maximum atomic E-state index is 12.6. The van der Waals surface area contributed by atoms with Gasteiger partial charge in [0, 0.05) is 18.7 Å². The molecule has 0 spiro atoms. The van der Waals surface area contributed by atoms with E-state index < -0.39 is 12.8 Å². The van der Waals surface area contributed by atoms with Crippen molar-refractivity contribution in [1.29, 1.82) is 0 Å². The molecule has 1 saturated heterocycles. The van der Waals surface area contributed by atoms with E-state index in [2.05, 4.69) is 40.5 Å². The van der Waals surface area contributed by atoms with Crippen LogP contribution in [0.5, 0.6) is 0 Å². The minimum absolute atomic E-state index is 0.0820. The standard InChI is InChI=1S/C24H32FN3O3/c25-13-16-30-24(29)28-15-4-7-21(22-12-14-26-27-22)23(28)17-31-20-10-8-19(9-11-20)18-5-2-1-3-6-18/h1-3,5-6,12,14,19-21,23H,4,7-11,13,15-17H2,(H,26,27)/t19-,20+,21-,23+/m1/s1. The van der Waals surface area contributed by atoms with E-state index in [-0.39, 0.29) is 24.7 Å². The van der Waals surface area contributed by atoms with Gasteiger partial charge in [-0.05, 0) is 56.1 Å². The molecule has 0 unspecified atom stereocenters. The lowest BCUT2D eigenvalue weighted by atomic mass is 9.82. The van der Waals surface area contributed by atoms with Crippen molar-refractivity contribution in [3.63, 3.8) is 0 Å². The highest BCUT2D eigenvalue weighted by atomic mass is 19.1. The fourth-order valence-corrected chi connectivity index (χ4v) is 5.04. The molecule has 2 fully saturated rings. The van der Waals surface area contributed by atoms with Crippen molar-refractivity contribution in [2.75, 3.05) is 26.4 Å². The number of likely N-dealkylation sites (tertiary alicyclic amines) is 1. The van der Waals surface area contributed by atoms with E-state index in [1.54, 1.807) is 11.1 Å². The van der Waals surface area contributed by atoms with Gasteiger partial charge in [-0.3, -0.25) is 5.10 Å². The number of aromatic amines is 1. The lowest BCUT2D eigenvalue weighted by Crippen LogP contribution is -2.50. The third kappa shape index (κ3) is 5.45. The van der Waals surface area contributed by atoms with Crippen LogP contribution in [0.1, 0.15) is 61.6 Å². The number of nitrogens with one attached hydrogen (secondary N) is 1. The molecule has 6 nitrogen and oxygen atoms in total. The number of aromatic nitrogens is 2. The number of carbonyl (C=O) groups is 1. The highest BCUT2D eigenvalue weighted by molar-refractivity contribution is 5.68. The molecule has 2 heterocycles. The van der Waals surface area contributed by atoms with Crippen molar-refractivity contribution in [2.45, 2.75) is 62.5 Å². The number of ether oxygens (including phenoxy) is 2. The number of H-pyrrole nitrogens is 1. The molecule has 2 atom stereocenters. The lowest BCUT2D eigenvalue weighted by molar-refractivity contribution is -0.0266. The fourth-order valence-electron chi connectivity index (χ4n) is 5.04. The van der Waals surface area contributed by atoms with Gasteiger partial charge in [0.15, 0.2) is 0 Å². The van der Waals surface area contributed by atoms with E-state index >= 15 is 0 Å². The van der Waals surface area contributed by atoms with Crippen LogP contribution in [0.3, 0.4) is 0 Å². The predicted octanol–water partition coefficient (Wildman–Crippen LogP) is 4.81. The monoisotopic (exact) mass is 429 g/mol. The zero-order chi connectivity index (χ0) is 21.5. The summed E-state index contributed by atoms with van der Waals surface area (Å²) < 4.78 is 24.0. The summed E-state index contributed by atoms with van der Waals surface area (Å²) in [5.74, 6) is 0.679. The second-order valence-electron chi connectivity index (χ2n) is 8.53. The molecule has 4 rings (SSSR count). The first-order valence-electron chi connectivity index (χ1n) is 11.4. The fraction of sp³-hybridized carbons (Fsp3) is 0.583. The van der Waals surface area contributed by atoms with Crippen molar-refractivity contribution >= 4 is 6.09 Å². The number of hydrogen-bond acceptors (Lipinski definition) is 4. The average Bonchev–Trinajstić information content (AvgIpc) is 3.37. The summed E-state index contributed by atoms with van der Waals surface area (Å²) in [7, 11) is 0. The van der Waals surface area contributed by atoms with Crippen LogP contribution < -0.4 is 0 Å². The molecule has 1 aromatic heterocycles. The van der Waals surface area contributed by atoms with Crippen molar-refractivity contribution in [3.8, 4) is 0 Å². The Hall–Kier alpha value is -2.41. The van der Waals surface area contributed by atoms with Crippen LogP contribution in [-0.4, -0.2) is 59.8 Å². The highest BCUT2D eigenvalue weighted by Gasteiger charge is 2.38. The summed E-state index contributed by atoms with van der Waals surface area (Å²) in [5.41, 5.74) is 2.35. The highest BCUT2D eigenvalue weighted by Crippen LogP contribution is 2.36. The molecule has 0 radical (unpaired) electrons. The molecule has 1 saturated carbocycles. The number of alkyl halides is 1. The molecule has 2 aliphatic rings. The van der Waals surface area contributed by atoms with Crippen LogP contribution in [0.15, 0.2) is 42.6 Å². The SMILES string of the molecule is O=C(OCCF)N1CCC[C@H](c2cc[nH]n2)[C@@H]1CO[C@H]1CC[C@@H](c2ccccc2)CC1. The second kappa shape index (κ2) is 10.8. The summed E-state index contributed by atoms with van der Waals surface area (Å²) in [5, 5.41) is 7.24. The van der Waals surface area contributed by atoms with Crippen molar-refractivity contribution < 1.29 is 18.7 Å².